The molecule has 10 aromatic rings. The largest absolute Gasteiger partial charge is 0.509 e. The summed E-state index contributed by atoms with van der Waals surface area (Å²) in [7, 11) is 0. The van der Waals surface area contributed by atoms with E-state index in [4.69, 9.17) is 9.72 Å². The van der Waals surface area contributed by atoms with Crippen LogP contribution in [-0.4, -0.2) is 9.55 Å². The predicted octanol–water partition coefficient (Wildman–Crippen LogP) is 19.4. The summed E-state index contributed by atoms with van der Waals surface area (Å²) < 4.78 is 39.8. The van der Waals surface area contributed by atoms with Crippen LogP contribution in [0.25, 0.3) is 61.0 Å². The van der Waals surface area contributed by atoms with E-state index in [1.807, 2.05) is 54.7 Å². The molecule has 0 spiro atoms. The first kappa shape index (κ1) is 54.0. The molecule has 0 atom stereocenters. The molecular formula is C70H65F2N4OPt-3. The maximum atomic E-state index is 15.2. The third kappa shape index (κ3) is 10.2. The van der Waals surface area contributed by atoms with Gasteiger partial charge in [0.25, 0.3) is 0 Å². The van der Waals surface area contributed by atoms with Crippen molar-refractivity contribution in [3.63, 3.8) is 0 Å². The van der Waals surface area contributed by atoms with Gasteiger partial charge >= 0.3 is 0 Å². The van der Waals surface area contributed by atoms with Crippen molar-refractivity contribution in [2.45, 2.75) is 105 Å². The zero-order chi connectivity index (χ0) is 54.3. The number of rotatable bonds is 8. The molecule has 5 nitrogen and oxygen atoms in total. The van der Waals surface area contributed by atoms with Crippen molar-refractivity contribution in [2.24, 2.45) is 0 Å². The van der Waals surface area contributed by atoms with Crippen molar-refractivity contribution in [1.82, 2.24) is 9.55 Å². The normalized spacial score (nSPS) is 13.1. The Labute approximate surface area is 473 Å². The number of hydrogen-bond donors (Lipinski definition) is 0. The Morgan fingerprint density at radius 1 is 0.487 bits per heavy atom. The molecule has 0 fully saturated rings. The average molecular weight is 1210 g/mol. The number of aromatic nitrogens is 2. The molecule has 1 aliphatic rings. The fourth-order valence-electron chi connectivity index (χ4n) is 10.8. The van der Waals surface area contributed by atoms with E-state index in [1.165, 1.54) is 34.4 Å². The maximum Gasteiger partial charge on any atom is 0.135 e. The van der Waals surface area contributed by atoms with Crippen LogP contribution in [0.1, 0.15) is 105 Å². The molecule has 0 saturated heterocycles. The van der Waals surface area contributed by atoms with Gasteiger partial charge in [-0.15, -0.1) is 53.6 Å². The summed E-state index contributed by atoms with van der Waals surface area (Å²) in [5, 5.41) is 2.14. The van der Waals surface area contributed by atoms with Gasteiger partial charge in [0.1, 0.15) is 17.5 Å². The SMILES string of the molecule is CC(C)(C)c1ccnc(-n2c3[c-]c(Oc4[c-]c(N5[CH-]N(c6c(-c7ccccc7)cccc6-c6cc(F)cc(F)c6)c6ccccc65)cc(-c5c(C(C)(C)C)cc(C(C)(C)C)cc5C(C)(C)C)c4)ccc3c3ccccc32)c1.[Pt]. The number of halogens is 2. The van der Waals surface area contributed by atoms with Gasteiger partial charge in [-0.3, -0.25) is 0 Å². The smallest absolute Gasteiger partial charge is 0.135 e. The van der Waals surface area contributed by atoms with Crippen LogP contribution in [0.5, 0.6) is 11.5 Å². The number of fused-ring (bicyclic) bond motifs is 4. The zero-order valence-electron chi connectivity index (χ0n) is 46.5. The third-order valence-electron chi connectivity index (χ3n) is 14.8. The Morgan fingerprint density at radius 2 is 1.09 bits per heavy atom. The Hall–Kier alpha value is -7.34. The van der Waals surface area contributed by atoms with Gasteiger partial charge < -0.3 is 19.1 Å². The van der Waals surface area contributed by atoms with Crippen LogP contribution >= 0.6 is 0 Å². The predicted molar refractivity (Wildman–Crippen MR) is 315 cm³/mol. The van der Waals surface area contributed by atoms with E-state index < -0.39 is 11.6 Å². The Bertz CT molecular complexity index is 3850. The summed E-state index contributed by atoms with van der Waals surface area (Å²) in [5.41, 5.74) is 14.5. The molecule has 78 heavy (non-hydrogen) atoms. The van der Waals surface area contributed by atoms with Gasteiger partial charge in [-0.1, -0.05) is 180 Å². The average Bonchev–Trinajstić information content (AvgIpc) is 4.07. The van der Waals surface area contributed by atoms with Crippen LogP contribution in [0.2, 0.25) is 0 Å². The van der Waals surface area contributed by atoms with Gasteiger partial charge in [0.15, 0.2) is 0 Å². The molecule has 2 aromatic heterocycles. The van der Waals surface area contributed by atoms with E-state index in [0.29, 0.717) is 22.6 Å². The summed E-state index contributed by atoms with van der Waals surface area (Å²) in [6, 6.07) is 61.5. The van der Waals surface area contributed by atoms with E-state index in [1.54, 1.807) is 0 Å². The molecule has 0 unspecified atom stereocenters. The number of anilines is 4. The number of pyridine rings is 1. The van der Waals surface area contributed by atoms with Gasteiger partial charge in [-0.25, -0.2) is 13.8 Å². The molecule has 0 bridgehead atoms. The van der Waals surface area contributed by atoms with Crippen molar-refractivity contribution in [1.29, 1.82) is 0 Å². The van der Waals surface area contributed by atoms with Crippen LogP contribution in [-0.2, 0) is 42.7 Å². The first-order chi connectivity index (χ1) is 36.5. The minimum Gasteiger partial charge on any atom is -0.509 e. The van der Waals surface area contributed by atoms with Crippen LogP contribution in [0.4, 0.5) is 31.5 Å². The van der Waals surface area contributed by atoms with Gasteiger partial charge in [0.2, 0.25) is 0 Å². The van der Waals surface area contributed by atoms with E-state index in [9.17, 15) is 0 Å². The van der Waals surface area contributed by atoms with Crippen LogP contribution in [0.3, 0.4) is 0 Å². The molecule has 0 aliphatic carbocycles. The molecule has 11 rings (SSSR count). The third-order valence-corrected chi connectivity index (χ3v) is 14.8. The van der Waals surface area contributed by atoms with Crippen LogP contribution in [0.15, 0.2) is 170 Å². The topological polar surface area (TPSA) is 33.5 Å². The Kier molecular flexibility index (Phi) is 14.0. The van der Waals surface area contributed by atoms with Gasteiger partial charge in [-0.2, -0.15) is 6.07 Å². The maximum absolute atomic E-state index is 15.2. The van der Waals surface area contributed by atoms with Gasteiger partial charge in [-0.05, 0) is 108 Å². The fraction of sp³-hybridized carbons (Fsp3) is 0.229. The summed E-state index contributed by atoms with van der Waals surface area (Å²) in [6.45, 7) is 29.3. The minimum absolute atomic E-state index is 0. The Balaban J connectivity index is 0.00000688. The van der Waals surface area contributed by atoms with Gasteiger partial charge in [0.05, 0.1) is 0 Å². The zero-order valence-corrected chi connectivity index (χ0v) is 48.8. The van der Waals surface area contributed by atoms with Crippen molar-refractivity contribution >= 4 is 44.6 Å². The fourth-order valence-corrected chi connectivity index (χ4v) is 10.8. The molecule has 0 radical (unpaired) electrons. The summed E-state index contributed by atoms with van der Waals surface area (Å²) in [5.74, 6) is 0.550. The second-order valence-corrected chi connectivity index (χ2v) is 24.6. The molecule has 398 valence electrons. The quantitative estimate of drug-likeness (QED) is 0.142. The van der Waals surface area contributed by atoms with Crippen molar-refractivity contribution in [2.75, 3.05) is 9.80 Å². The first-order valence-electron chi connectivity index (χ1n) is 26.6. The number of benzene rings is 8. The molecule has 1 aliphatic heterocycles. The number of para-hydroxylation sites is 4. The summed E-state index contributed by atoms with van der Waals surface area (Å²) >= 11 is 0. The molecule has 3 heterocycles. The summed E-state index contributed by atoms with van der Waals surface area (Å²) in [6.07, 6.45) is 1.89. The molecule has 8 heteroatoms. The number of nitrogens with zero attached hydrogens (tertiary/aromatic N) is 4. The van der Waals surface area contributed by atoms with E-state index in [0.717, 1.165) is 78.7 Å². The van der Waals surface area contributed by atoms with E-state index in [2.05, 4.69) is 213 Å². The second-order valence-electron chi connectivity index (χ2n) is 24.6. The standard InChI is InChI=1S/C70H65F2N4O.Pt/c1-67(2,3)47-31-32-73-64(39-47)76-60-26-17-16-23-56(60)57-30-29-52(42-63(57)76)77-53-36-46(65-58(69(7,8)9)37-48(68(4,5)6)38-59(65)70(10,11)12)35-51(41-53)74-43-75(62-28-19-18-27-61(62)74)66-54(44-21-14-13-15-22-44)24-20-25-55(66)45-33-49(71)40-50(72)34-45;/h13-40,43H,1-12H3;/q-3;. The second kappa shape index (κ2) is 20.1. The summed E-state index contributed by atoms with van der Waals surface area (Å²) in [4.78, 5) is 9.23. The first-order valence-corrected chi connectivity index (χ1v) is 26.6. The Morgan fingerprint density at radius 3 is 1.73 bits per heavy atom. The van der Waals surface area contributed by atoms with Crippen molar-refractivity contribution in [3.05, 3.63) is 223 Å². The molecule has 0 amide bonds. The van der Waals surface area contributed by atoms with E-state index >= 15 is 8.78 Å². The molecular weight excluding hydrogens is 1150 g/mol. The molecule has 8 aromatic carbocycles. The van der Waals surface area contributed by atoms with Crippen molar-refractivity contribution in [3.8, 4) is 50.7 Å². The van der Waals surface area contributed by atoms with Crippen LogP contribution in [0, 0.1) is 30.4 Å². The van der Waals surface area contributed by atoms with Crippen LogP contribution < -0.4 is 14.5 Å². The van der Waals surface area contributed by atoms with Gasteiger partial charge in [0, 0.05) is 78.5 Å². The number of ether oxygens (including phenoxy) is 1. The number of hydrogen-bond acceptors (Lipinski definition) is 4. The van der Waals surface area contributed by atoms with E-state index in [-0.39, 0.29) is 42.7 Å². The minimum atomic E-state index is -0.647. The monoisotopic (exact) mass is 1210 g/mol. The molecule has 0 saturated carbocycles. The van der Waals surface area contributed by atoms with Crippen molar-refractivity contribution < 1.29 is 34.6 Å². The molecule has 0 N–H and O–H groups in total.